The van der Waals surface area contributed by atoms with Crippen LogP contribution in [-0.4, -0.2) is 13.1 Å². The van der Waals surface area contributed by atoms with Crippen LogP contribution in [0.3, 0.4) is 0 Å². The Balaban J connectivity index is 0.000000845. The van der Waals surface area contributed by atoms with E-state index in [9.17, 15) is 0 Å². The van der Waals surface area contributed by atoms with Gasteiger partial charge < -0.3 is 5.32 Å². The Hall–Kier alpha value is -0.0100. The number of rotatable bonds is 2. The van der Waals surface area contributed by atoms with Crippen LogP contribution in [0.4, 0.5) is 0 Å². The molecule has 2 fully saturated rings. The molecule has 0 spiro atoms. The maximum Gasteiger partial charge on any atom is 0.00146 e. The molecular formula is C11H20ClN. The summed E-state index contributed by atoms with van der Waals surface area (Å²) in [6.45, 7) is 2.43. The van der Waals surface area contributed by atoms with Crippen LogP contribution in [0.5, 0.6) is 0 Å². The molecule has 1 nitrogen and oxygen atoms in total. The third-order valence-electron chi connectivity index (χ3n) is 3.15. The highest BCUT2D eigenvalue weighted by Crippen LogP contribution is 2.26. The second-order valence-corrected chi connectivity index (χ2v) is 4.18. The fourth-order valence-corrected chi connectivity index (χ4v) is 2.31. The van der Waals surface area contributed by atoms with Crippen LogP contribution in [0.15, 0.2) is 12.2 Å². The Labute approximate surface area is 87.4 Å². The Morgan fingerprint density at radius 2 is 1.62 bits per heavy atom. The molecule has 1 heterocycles. The lowest BCUT2D eigenvalue weighted by Gasteiger charge is -2.03. The van der Waals surface area contributed by atoms with Gasteiger partial charge in [-0.3, -0.25) is 0 Å². The monoisotopic (exact) mass is 201 g/mol. The largest absolute Gasteiger partial charge is 0.316 e. The topological polar surface area (TPSA) is 12.0 Å². The van der Waals surface area contributed by atoms with Crippen LogP contribution in [0.25, 0.3) is 0 Å². The van der Waals surface area contributed by atoms with Gasteiger partial charge in [0.2, 0.25) is 0 Å². The van der Waals surface area contributed by atoms with E-state index < -0.39 is 0 Å². The van der Waals surface area contributed by atoms with Gasteiger partial charge in [0.1, 0.15) is 0 Å². The molecule has 0 aromatic carbocycles. The van der Waals surface area contributed by atoms with Gasteiger partial charge in [-0.15, -0.1) is 12.4 Å². The van der Waals surface area contributed by atoms with Crippen LogP contribution in [0, 0.1) is 11.8 Å². The summed E-state index contributed by atoms with van der Waals surface area (Å²) in [7, 11) is 0. The van der Waals surface area contributed by atoms with Gasteiger partial charge in [-0.2, -0.15) is 0 Å². The first-order valence-electron chi connectivity index (χ1n) is 5.34. The van der Waals surface area contributed by atoms with E-state index in [0.29, 0.717) is 0 Å². The molecule has 1 N–H and O–H groups in total. The summed E-state index contributed by atoms with van der Waals surface area (Å²) >= 11 is 0. The Bertz CT molecular complexity index is 137. The van der Waals surface area contributed by atoms with Crippen LogP contribution in [0.2, 0.25) is 0 Å². The highest BCUT2D eigenvalue weighted by molar-refractivity contribution is 5.85. The van der Waals surface area contributed by atoms with Gasteiger partial charge in [-0.05, 0) is 37.6 Å². The van der Waals surface area contributed by atoms with E-state index in [2.05, 4.69) is 17.5 Å². The van der Waals surface area contributed by atoms with Crippen LogP contribution in [-0.2, 0) is 0 Å². The first kappa shape index (κ1) is 11.1. The van der Waals surface area contributed by atoms with E-state index >= 15 is 0 Å². The molecule has 0 amide bonds. The smallest absolute Gasteiger partial charge is 0.00146 e. The standard InChI is InChI=1S/C11H19N.ClH/c1-2-4-10(3-1)5-6-11-7-8-12-9-11;/h5-6,10-12H,1-4,7-9H2;1H/b6-5+;. The molecule has 2 heteroatoms. The minimum atomic E-state index is 0. The molecule has 1 saturated heterocycles. The number of nitrogens with one attached hydrogen (secondary N) is 1. The van der Waals surface area contributed by atoms with Crippen molar-refractivity contribution in [3.63, 3.8) is 0 Å². The molecule has 1 unspecified atom stereocenters. The Kier molecular flexibility index (Phi) is 4.82. The highest BCUT2D eigenvalue weighted by atomic mass is 35.5. The molecule has 13 heavy (non-hydrogen) atoms. The lowest BCUT2D eigenvalue weighted by molar-refractivity contribution is 0.661. The second kappa shape index (κ2) is 5.66. The summed E-state index contributed by atoms with van der Waals surface area (Å²) < 4.78 is 0. The number of hydrogen-bond acceptors (Lipinski definition) is 1. The first-order valence-corrected chi connectivity index (χ1v) is 5.34. The zero-order chi connectivity index (χ0) is 8.23. The van der Waals surface area contributed by atoms with Crippen LogP contribution < -0.4 is 5.32 Å². The maximum absolute atomic E-state index is 3.40. The Morgan fingerprint density at radius 3 is 2.23 bits per heavy atom. The van der Waals surface area contributed by atoms with Crippen molar-refractivity contribution in [3.8, 4) is 0 Å². The summed E-state index contributed by atoms with van der Waals surface area (Å²) in [5.74, 6) is 1.76. The third-order valence-corrected chi connectivity index (χ3v) is 3.15. The molecule has 0 aromatic rings. The summed E-state index contributed by atoms with van der Waals surface area (Å²) in [5.41, 5.74) is 0. The minimum absolute atomic E-state index is 0. The highest BCUT2D eigenvalue weighted by Gasteiger charge is 2.14. The molecule has 1 saturated carbocycles. The van der Waals surface area contributed by atoms with Gasteiger partial charge in [0.05, 0.1) is 0 Å². The molecular weight excluding hydrogens is 182 g/mol. The van der Waals surface area contributed by atoms with E-state index in [-0.39, 0.29) is 12.4 Å². The van der Waals surface area contributed by atoms with Crippen molar-refractivity contribution in [1.29, 1.82) is 0 Å². The SMILES string of the molecule is C(=C\C1CCNC1)/C1CCCC1.Cl. The predicted octanol–water partition coefficient (Wildman–Crippen LogP) is 2.76. The molecule has 2 aliphatic rings. The summed E-state index contributed by atoms with van der Waals surface area (Å²) in [4.78, 5) is 0. The normalized spacial score (nSPS) is 29.7. The van der Waals surface area contributed by atoms with Crippen molar-refractivity contribution >= 4 is 12.4 Å². The Morgan fingerprint density at radius 1 is 0.923 bits per heavy atom. The number of hydrogen-bond donors (Lipinski definition) is 1. The molecule has 1 atom stereocenters. The minimum Gasteiger partial charge on any atom is -0.316 e. The van der Waals surface area contributed by atoms with Crippen molar-refractivity contribution in [2.45, 2.75) is 32.1 Å². The van der Waals surface area contributed by atoms with Crippen molar-refractivity contribution in [1.82, 2.24) is 5.32 Å². The van der Waals surface area contributed by atoms with Crippen LogP contribution in [0.1, 0.15) is 32.1 Å². The van der Waals surface area contributed by atoms with Crippen molar-refractivity contribution in [2.75, 3.05) is 13.1 Å². The summed E-state index contributed by atoms with van der Waals surface area (Å²) in [6, 6.07) is 0. The summed E-state index contributed by atoms with van der Waals surface area (Å²) in [5, 5.41) is 3.40. The van der Waals surface area contributed by atoms with Gasteiger partial charge in [-0.25, -0.2) is 0 Å². The quantitative estimate of drug-likeness (QED) is 0.678. The zero-order valence-electron chi connectivity index (χ0n) is 8.17. The zero-order valence-corrected chi connectivity index (χ0v) is 8.98. The fraction of sp³-hybridized carbons (Fsp3) is 0.818. The molecule has 0 radical (unpaired) electrons. The summed E-state index contributed by atoms with van der Waals surface area (Å²) in [6.07, 6.45) is 12.1. The molecule has 1 aliphatic carbocycles. The van der Waals surface area contributed by atoms with Gasteiger partial charge >= 0.3 is 0 Å². The van der Waals surface area contributed by atoms with Gasteiger partial charge in [-0.1, -0.05) is 25.0 Å². The average molecular weight is 202 g/mol. The van der Waals surface area contributed by atoms with Crippen molar-refractivity contribution < 1.29 is 0 Å². The average Bonchev–Trinajstić information content (AvgIpc) is 2.74. The van der Waals surface area contributed by atoms with Gasteiger partial charge in [0.15, 0.2) is 0 Å². The van der Waals surface area contributed by atoms with Crippen molar-refractivity contribution in [2.24, 2.45) is 11.8 Å². The van der Waals surface area contributed by atoms with Crippen LogP contribution >= 0.6 is 12.4 Å². The molecule has 76 valence electrons. The molecule has 1 aliphatic heterocycles. The fourth-order valence-electron chi connectivity index (χ4n) is 2.31. The predicted molar refractivity (Wildman–Crippen MR) is 59.3 cm³/mol. The second-order valence-electron chi connectivity index (χ2n) is 4.18. The maximum atomic E-state index is 3.40. The van der Waals surface area contributed by atoms with Gasteiger partial charge in [0, 0.05) is 6.54 Å². The lowest BCUT2D eigenvalue weighted by Crippen LogP contribution is -2.07. The molecule has 2 rings (SSSR count). The van der Waals surface area contributed by atoms with E-state index in [1.807, 2.05) is 0 Å². The van der Waals surface area contributed by atoms with E-state index in [0.717, 1.165) is 11.8 Å². The molecule has 0 aromatic heterocycles. The third kappa shape index (κ3) is 3.32. The van der Waals surface area contributed by atoms with E-state index in [1.54, 1.807) is 0 Å². The van der Waals surface area contributed by atoms with E-state index in [1.165, 1.54) is 45.2 Å². The number of allylic oxidation sites excluding steroid dienone is 1. The van der Waals surface area contributed by atoms with E-state index in [4.69, 9.17) is 0 Å². The molecule has 0 bridgehead atoms. The van der Waals surface area contributed by atoms with Gasteiger partial charge in [0.25, 0.3) is 0 Å². The number of halogens is 1. The first-order chi connectivity index (χ1) is 5.95. The lowest BCUT2D eigenvalue weighted by atomic mass is 10.0. The van der Waals surface area contributed by atoms with Crippen molar-refractivity contribution in [3.05, 3.63) is 12.2 Å².